The van der Waals surface area contributed by atoms with Gasteiger partial charge in [-0.15, -0.1) is 22.7 Å². The molecule has 0 N–H and O–H groups in total. The molecule has 180 valence electrons. The number of aromatic nitrogens is 3. The van der Waals surface area contributed by atoms with Crippen LogP contribution in [0.25, 0.3) is 58.6 Å². The second-order valence-corrected chi connectivity index (χ2v) is 10.4. The van der Waals surface area contributed by atoms with Crippen molar-refractivity contribution in [1.29, 1.82) is 15.8 Å². The van der Waals surface area contributed by atoms with E-state index in [0.29, 0.717) is 11.1 Å². The first-order valence-electron chi connectivity index (χ1n) is 11.6. The number of thiophene rings is 2. The fourth-order valence-electron chi connectivity index (χ4n) is 4.11. The van der Waals surface area contributed by atoms with Gasteiger partial charge in [0.15, 0.2) is 0 Å². The predicted molar refractivity (Wildman–Crippen MR) is 151 cm³/mol. The quantitative estimate of drug-likeness (QED) is 0.166. The molecule has 5 aromatic heterocycles. The summed E-state index contributed by atoms with van der Waals surface area (Å²) in [6.45, 7) is 10.1. The van der Waals surface area contributed by atoms with Crippen LogP contribution in [0.5, 0.6) is 0 Å². The normalized spacial score (nSPS) is 11.0. The van der Waals surface area contributed by atoms with Gasteiger partial charge in [-0.3, -0.25) is 9.97 Å². The average Bonchev–Trinajstić information content (AvgIpc) is 3.64. The van der Waals surface area contributed by atoms with Crippen LogP contribution in [0, 0.1) is 40.6 Å². The first-order chi connectivity index (χ1) is 18.6. The minimum absolute atomic E-state index is 0.0283. The molecule has 0 amide bonds. The van der Waals surface area contributed by atoms with Gasteiger partial charge < -0.3 is 4.57 Å². The Bertz CT molecular complexity index is 1730. The third kappa shape index (κ3) is 4.57. The molecular weight excluding hydrogens is 511 g/mol. The van der Waals surface area contributed by atoms with Crippen LogP contribution in [0.1, 0.15) is 24.5 Å². The first-order valence-corrected chi connectivity index (χ1v) is 13.2. The van der Waals surface area contributed by atoms with Gasteiger partial charge in [0.1, 0.15) is 17.7 Å². The minimum atomic E-state index is 0.0283. The van der Waals surface area contributed by atoms with Gasteiger partial charge >= 0.3 is 0 Å². The number of hydrogen-bond donors (Lipinski definition) is 0. The van der Waals surface area contributed by atoms with E-state index in [1.54, 1.807) is 35.1 Å². The van der Waals surface area contributed by atoms with Crippen LogP contribution in [-0.4, -0.2) is 14.5 Å². The van der Waals surface area contributed by atoms with Crippen LogP contribution < -0.4 is 0 Å². The molecule has 38 heavy (non-hydrogen) atoms. The van der Waals surface area contributed by atoms with Gasteiger partial charge in [-0.25, -0.2) is 10.1 Å². The summed E-state index contributed by atoms with van der Waals surface area (Å²) in [5.41, 5.74) is 5.54. The molecule has 0 unspecified atom stereocenters. The van der Waals surface area contributed by atoms with Crippen LogP contribution in [0.15, 0.2) is 60.1 Å². The number of nitriles is 3. The van der Waals surface area contributed by atoms with Gasteiger partial charge in [0, 0.05) is 18.9 Å². The number of rotatable bonds is 6. The van der Waals surface area contributed by atoms with Gasteiger partial charge in [0.05, 0.1) is 54.2 Å². The predicted octanol–water partition coefficient (Wildman–Crippen LogP) is 7.67. The van der Waals surface area contributed by atoms with Crippen molar-refractivity contribution in [3.8, 4) is 39.3 Å². The molecule has 0 bridgehead atoms. The van der Waals surface area contributed by atoms with Crippen molar-refractivity contribution in [3.05, 3.63) is 82.6 Å². The van der Waals surface area contributed by atoms with Gasteiger partial charge in [-0.2, -0.15) is 10.5 Å². The topological polar surface area (TPSA) is 106 Å². The van der Waals surface area contributed by atoms with Crippen LogP contribution in [0.2, 0.25) is 0 Å². The summed E-state index contributed by atoms with van der Waals surface area (Å²) in [4.78, 5) is 14.5. The number of aryl methyl sites for hydroxylation is 1. The number of hydrogen-bond acceptors (Lipinski definition) is 7. The van der Waals surface area contributed by atoms with Crippen molar-refractivity contribution in [2.45, 2.75) is 19.9 Å². The minimum Gasteiger partial charge on any atom is -0.339 e. The summed E-state index contributed by atoms with van der Waals surface area (Å²) in [6, 6.07) is 17.5. The van der Waals surface area contributed by atoms with Crippen molar-refractivity contribution < 1.29 is 0 Å². The summed E-state index contributed by atoms with van der Waals surface area (Å²) < 4.78 is 4.76. The Hall–Kier alpha value is -5.06. The number of pyridine rings is 2. The maximum Gasteiger partial charge on any atom is 0.262 e. The highest BCUT2D eigenvalue weighted by atomic mass is 32.1. The van der Waals surface area contributed by atoms with E-state index < -0.39 is 0 Å². The maximum atomic E-state index is 8.99. The lowest BCUT2D eigenvalue weighted by molar-refractivity contribution is 0.724. The van der Waals surface area contributed by atoms with Gasteiger partial charge in [-0.05, 0) is 54.0 Å². The molecule has 0 radical (unpaired) electrons. The molecule has 0 saturated heterocycles. The Morgan fingerprint density at radius 3 is 1.87 bits per heavy atom. The van der Waals surface area contributed by atoms with Crippen molar-refractivity contribution in [3.63, 3.8) is 0 Å². The second-order valence-electron chi connectivity index (χ2n) is 8.29. The van der Waals surface area contributed by atoms with Crippen LogP contribution in [-0.2, 0) is 6.54 Å². The smallest absolute Gasteiger partial charge is 0.262 e. The van der Waals surface area contributed by atoms with Crippen LogP contribution in [0.3, 0.4) is 0 Å². The Morgan fingerprint density at radius 2 is 1.45 bits per heavy atom. The van der Waals surface area contributed by atoms with E-state index in [1.165, 1.54) is 32.6 Å². The Labute approximate surface area is 226 Å². The fraction of sp³-hybridized carbons (Fsp3) is 0.103. The molecule has 0 aromatic carbocycles. The van der Waals surface area contributed by atoms with E-state index in [1.807, 2.05) is 42.5 Å². The lowest BCUT2D eigenvalue weighted by Crippen LogP contribution is -1.94. The molecule has 7 nitrogen and oxygen atoms in total. The molecule has 5 aromatic rings. The third-order valence-corrected chi connectivity index (χ3v) is 8.29. The Morgan fingerprint density at radius 1 is 0.895 bits per heavy atom. The summed E-state index contributed by atoms with van der Waals surface area (Å²) in [5, 5.41) is 27.0. The third-order valence-electron chi connectivity index (χ3n) is 5.83. The van der Waals surface area contributed by atoms with Crippen molar-refractivity contribution in [1.82, 2.24) is 14.5 Å². The van der Waals surface area contributed by atoms with Crippen molar-refractivity contribution >= 4 is 55.3 Å². The molecule has 5 rings (SSSR count). The standard InChI is InChI=1S/C29H17N7S2/c1-3-8-36-24-11-26(22-6-4-18(16-34-22)9-20(13-30)14-31)37-28(24)29-25(36)12-27(38-29)23-7-5-19(17-35-23)10-21(15-32)33-2/h4-7,9-12,16-17H,3,8H2,1H3/b21-10+. The molecule has 0 aliphatic heterocycles. The maximum absolute atomic E-state index is 8.99. The monoisotopic (exact) mass is 527 g/mol. The Kier molecular flexibility index (Phi) is 6.81. The molecular formula is C29H17N7S2. The molecule has 0 fully saturated rings. The van der Waals surface area contributed by atoms with Crippen molar-refractivity contribution in [2.75, 3.05) is 0 Å². The SMILES string of the molecule is [C-]#[N+]/C(C#N)=C/c1ccc(-c2cc3c(s2)c2sc(-c4ccc(C=C(C#N)C#N)cn4)cc2n3CCC)nc1. The van der Waals surface area contributed by atoms with E-state index in [0.717, 1.165) is 34.1 Å². The lowest BCUT2D eigenvalue weighted by atomic mass is 10.2. The van der Waals surface area contributed by atoms with E-state index in [9.17, 15) is 0 Å². The molecule has 0 atom stereocenters. The van der Waals surface area contributed by atoms with Crippen molar-refractivity contribution in [2.24, 2.45) is 0 Å². The zero-order chi connectivity index (χ0) is 26.6. The average molecular weight is 528 g/mol. The van der Waals surface area contributed by atoms with Crippen LogP contribution >= 0.6 is 22.7 Å². The number of allylic oxidation sites excluding steroid dienone is 2. The number of nitrogens with zero attached hydrogens (tertiary/aromatic N) is 7. The Balaban J connectivity index is 1.53. The highest BCUT2D eigenvalue weighted by Crippen LogP contribution is 2.44. The largest absolute Gasteiger partial charge is 0.339 e. The molecule has 5 heterocycles. The van der Waals surface area contributed by atoms with E-state index in [4.69, 9.17) is 22.4 Å². The van der Waals surface area contributed by atoms with Gasteiger partial charge in [0.2, 0.25) is 0 Å². The summed E-state index contributed by atoms with van der Waals surface area (Å²) >= 11 is 3.40. The lowest BCUT2D eigenvalue weighted by Gasteiger charge is -2.03. The van der Waals surface area contributed by atoms with E-state index in [2.05, 4.69) is 38.4 Å². The molecule has 0 spiro atoms. The molecule has 9 heteroatoms. The summed E-state index contributed by atoms with van der Waals surface area (Å²) in [5.74, 6) is 0. The fourth-order valence-corrected chi connectivity index (χ4v) is 6.54. The molecule has 0 aliphatic rings. The number of fused-ring (bicyclic) bond motifs is 3. The van der Waals surface area contributed by atoms with Gasteiger partial charge in [0.25, 0.3) is 5.70 Å². The highest BCUT2D eigenvalue weighted by Gasteiger charge is 2.19. The zero-order valence-corrected chi connectivity index (χ0v) is 21.8. The van der Waals surface area contributed by atoms with E-state index in [-0.39, 0.29) is 11.3 Å². The molecule has 0 saturated carbocycles. The molecule has 0 aliphatic carbocycles. The van der Waals surface area contributed by atoms with Crippen LogP contribution in [0.4, 0.5) is 0 Å². The van der Waals surface area contributed by atoms with E-state index >= 15 is 0 Å². The summed E-state index contributed by atoms with van der Waals surface area (Å²) in [7, 11) is 0. The van der Waals surface area contributed by atoms with Gasteiger partial charge in [-0.1, -0.05) is 19.1 Å². The second kappa shape index (κ2) is 10.5. The first kappa shape index (κ1) is 24.6. The zero-order valence-electron chi connectivity index (χ0n) is 20.1. The summed E-state index contributed by atoms with van der Waals surface area (Å²) in [6.07, 6.45) is 7.41. The highest BCUT2D eigenvalue weighted by molar-refractivity contribution is 7.30.